The molecule has 0 aliphatic heterocycles. The first-order valence-corrected chi connectivity index (χ1v) is 10.9. The van der Waals surface area contributed by atoms with Crippen LogP contribution in [-0.2, 0) is 13.6 Å². The second-order valence-corrected chi connectivity index (χ2v) is 10.6. The van der Waals surface area contributed by atoms with Crippen LogP contribution in [0.1, 0.15) is 53.9 Å². The molecule has 0 N–H and O–H groups in total. The Kier molecular flexibility index (Phi) is 9.58. The van der Waals surface area contributed by atoms with E-state index >= 15 is 0 Å². The zero-order chi connectivity index (χ0) is 13.3. The van der Waals surface area contributed by atoms with E-state index in [9.17, 15) is 4.57 Å². The molecule has 0 aliphatic rings. The van der Waals surface area contributed by atoms with Crippen LogP contribution >= 0.6 is 6.29 Å². The minimum atomic E-state index is -2.90. The van der Waals surface area contributed by atoms with Crippen LogP contribution < -0.4 is 0 Å². The summed E-state index contributed by atoms with van der Waals surface area (Å²) in [6, 6.07) is 0. The molecule has 0 aromatic rings. The van der Waals surface area contributed by atoms with Gasteiger partial charge in [-0.25, -0.2) is 0 Å². The molecule has 0 heterocycles. The van der Waals surface area contributed by atoms with Crippen LogP contribution in [0.2, 0.25) is 0 Å². The Morgan fingerprint density at radius 3 is 2.12 bits per heavy atom. The standard InChI is InChI=1S/C12H25O3PSe/c1-6-7-8-9-10-17-16(13,14-11(2)3)15-12(4)5/h9-12H,6-8H2,1-5H3/b10-9-. The van der Waals surface area contributed by atoms with E-state index in [0.29, 0.717) is 0 Å². The molecule has 0 saturated carbocycles. The first-order chi connectivity index (χ1) is 7.89. The Bertz CT molecular complexity index is 250. The van der Waals surface area contributed by atoms with Gasteiger partial charge in [-0.05, 0) is 0 Å². The van der Waals surface area contributed by atoms with E-state index in [2.05, 4.69) is 13.0 Å². The van der Waals surface area contributed by atoms with E-state index in [1.165, 1.54) is 12.8 Å². The third kappa shape index (κ3) is 10.1. The van der Waals surface area contributed by atoms with Crippen molar-refractivity contribution < 1.29 is 13.6 Å². The number of hydrogen-bond donors (Lipinski definition) is 0. The predicted molar refractivity (Wildman–Crippen MR) is 74.5 cm³/mol. The van der Waals surface area contributed by atoms with Crippen molar-refractivity contribution >= 4 is 20.8 Å². The van der Waals surface area contributed by atoms with Crippen molar-refractivity contribution in [1.29, 1.82) is 0 Å². The van der Waals surface area contributed by atoms with Gasteiger partial charge >= 0.3 is 112 Å². The molecule has 0 bridgehead atoms. The zero-order valence-electron chi connectivity index (χ0n) is 11.5. The Labute approximate surface area is 112 Å². The molecule has 17 heavy (non-hydrogen) atoms. The molecule has 0 spiro atoms. The summed E-state index contributed by atoms with van der Waals surface area (Å²) >= 11 is -0.227. The summed E-state index contributed by atoms with van der Waals surface area (Å²) in [4.78, 5) is 1.98. The number of hydrogen-bond acceptors (Lipinski definition) is 3. The maximum atomic E-state index is 12.4. The first kappa shape index (κ1) is 17.4. The molecular weight excluding hydrogens is 302 g/mol. The third-order valence-electron chi connectivity index (χ3n) is 1.69. The molecule has 0 radical (unpaired) electrons. The molecule has 5 heteroatoms. The average molecular weight is 327 g/mol. The van der Waals surface area contributed by atoms with Gasteiger partial charge < -0.3 is 0 Å². The van der Waals surface area contributed by atoms with Crippen molar-refractivity contribution in [3.63, 3.8) is 0 Å². The van der Waals surface area contributed by atoms with Crippen LogP contribution in [0.3, 0.4) is 0 Å². The molecule has 0 unspecified atom stereocenters. The summed E-state index contributed by atoms with van der Waals surface area (Å²) in [6.45, 7) is 9.69. The van der Waals surface area contributed by atoms with Gasteiger partial charge in [-0.3, -0.25) is 0 Å². The third-order valence-corrected chi connectivity index (χ3v) is 7.31. The first-order valence-electron chi connectivity index (χ1n) is 6.20. The summed E-state index contributed by atoms with van der Waals surface area (Å²) in [7, 11) is 0. The SMILES string of the molecule is CCCC/C=C\[Se]P(=O)(OC(C)C)OC(C)C. The molecular formula is C12H25O3PSe. The van der Waals surface area contributed by atoms with Gasteiger partial charge in [0.1, 0.15) is 0 Å². The molecule has 0 amide bonds. The summed E-state index contributed by atoms with van der Waals surface area (Å²) in [5.41, 5.74) is 0. The van der Waals surface area contributed by atoms with Gasteiger partial charge in [0.15, 0.2) is 0 Å². The van der Waals surface area contributed by atoms with E-state index in [0.717, 1.165) is 6.42 Å². The fourth-order valence-electron chi connectivity index (χ4n) is 1.10. The van der Waals surface area contributed by atoms with Crippen LogP contribution in [0.5, 0.6) is 0 Å². The second kappa shape index (κ2) is 9.35. The summed E-state index contributed by atoms with van der Waals surface area (Å²) < 4.78 is 23.3. The van der Waals surface area contributed by atoms with Gasteiger partial charge in [0, 0.05) is 0 Å². The zero-order valence-corrected chi connectivity index (χ0v) is 14.1. The van der Waals surface area contributed by atoms with Crippen LogP contribution in [0.4, 0.5) is 0 Å². The molecule has 0 atom stereocenters. The maximum absolute atomic E-state index is 12.4. The van der Waals surface area contributed by atoms with Crippen molar-refractivity contribution in [3.8, 4) is 0 Å². The van der Waals surface area contributed by atoms with Crippen molar-refractivity contribution in [2.45, 2.75) is 66.1 Å². The summed E-state index contributed by atoms with van der Waals surface area (Å²) in [5, 5.41) is 0. The Balaban J connectivity index is 4.28. The number of allylic oxidation sites excluding steroid dienone is 1. The topological polar surface area (TPSA) is 35.5 Å². The van der Waals surface area contributed by atoms with Crippen LogP contribution in [0, 0.1) is 0 Å². The quantitative estimate of drug-likeness (QED) is 0.359. The number of rotatable bonds is 9. The predicted octanol–water partition coefficient (Wildman–Crippen LogP) is 4.35. The van der Waals surface area contributed by atoms with E-state index in [1.807, 2.05) is 32.7 Å². The van der Waals surface area contributed by atoms with Gasteiger partial charge in [0.2, 0.25) is 0 Å². The van der Waals surface area contributed by atoms with Crippen molar-refractivity contribution in [2.75, 3.05) is 0 Å². The van der Waals surface area contributed by atoms with Crippen molar-refractivity contribution in [1.82, 2.24) is 0 Å². The minimum absolute atomic E-state index is 0.0644. The molecule has 0 fully saturated rings. The average Bonchev–Trinajstić information content (AvgIpc) is 2.14. The monoisotopic (exact) mass is 328 g/mol. The van der Waals surface area contributed by atoms with Crippen LogP contribution in [-0.4, -0.2) is 26.7 Å². The van der Waals surface area contributed by atoms with Gasteiger partial charge in [-0.15, -0.1) is 0 Å². The molecule has 0 aromatic heterocycles. The summed E-state index contributed by atoms with van der Waals surface area (Å²) in [6.07, 6.45) is 2.45. The van der Waals surface area contributed by atoms with E-state index < -0.39 is 6.29 Å². The fraction of sp³-hybridized carbons (Fsp3) is 0.833. The molecule has 102 valence electrons. The molecule has 0 aliphatic carbocycles. The van der Waals surface area contributed by atoms with Gasteiger partial charge in [0.05, 0.1) is 0 Å². The van der Waals surface area contributed by atoms with Gasteiger partial charge in [0.25, 0.3) is 0 Å². The molecule has 0 aromatic carbocycles. The Morgan fingerprint density at radius 1 is 1.18 bits per heavy atom. The van der Waals surface area contributed by atoms with Crippen molar-refractivity contribution in [2.24, 2.45) is 0 Å². The van der Waals surface area contributed by atoms with Gasteiger partial charge in [-0.1, -0.05) is 0 Å². The van der Waals surface area contributed by atoms with E-state index in [-0.39, 0.29) is 26.7 Å². The van der Waals surface area contributed by atoms with Gasteiger partial charge in [-0.2, -0.15) is 0 Å². The van der Waals surface area contributed by atoms with Crippen LogP contribution in [0.25, 0.3) is 0 Å². The normalized spacial score (nSPS) is 13.1. The molecule has 3 nitrogen and oxygen atoms in total. The summed E-state index contributed by atoms with van der Waals surface area (Å²) in [5.74, 6) is 0. The Hall–Kier alpha value is 0.409. The molecule has 0 rings (SSSR count). The van der Waals surface area contributed by atoms with Crippen molar-refractivity contribution in [3.05, 3.63) is 11.1 Å². The van der Waals surface area contributed by atoms with Crippen LogP contribution in [0.15, 0.2) is 11.1 Å². The second-order valence-electron chi connectivity index (χ2n) is 4.37. The van der Waals surface area contributed by atoms with E-state index in [4.69, 9.17) is 9.05 Å². The Morgan fingerprint density at radius 2 is 1.71 bits per heavy atom. The fourth-order valence-corrected chi connectivity index (χ4v) is 7.07. The van der Waals surface area contributed by atoms with E-state index in [1.54, 1.807) is 0 Å². The molecule has 0 saturated heterocycles. The number of unbranched alkanes of at least 4 members (excludes halogenated alkanes) is 2.